The first-order valence-corrected chi connectivity index (χ1v) is 7.23. The van der Waals surface area contributed by atoms with Crippen LogP contribution in [0.4, 0.5) is 0 Å². The highest BCUT2D eigenvalue weighted by molar-refractivity contribution is 5.76. The molecule has 1 saturated heterocycles. The zero-order valence-corrected chi connectivity index (χ0v) is 11.7. The number of carbonyl (C=O) groups is 1. The average molecular weight is 260 g/mol. The van der Waals surface area contributed by atoms with Crippen LogP contribution < -0.4 is 5.73 Å². The van der Waals surface area contributed by atoms with Crippen molar-refractivity contribution in [3.05, 3.63) is 35.9 Å². The van der Waals surface area contributed by atoms with E-state index in [1.807, 2.05) is 0 Å². The fourth-order valence-electron chi connectivity index (χ4n) is 2.77. The summed E-state index contributed by atoms with van der Waals surface area (Å²) in [4.78, 5) is 13.6. The SMILES string of the molecule is C[C@H](CCN1CCC(C(N)=O)CC1)c1ccccc1. The lowest BCUT2D eigenvalue weighted by atomic mass is 9.94. The molecule has 0 unspecified atom stereocenters. The number of amides is 1. The molecule has 1 aliphatic heterocycles. The van der Waals surface area contributed by atoms with Crippen LogP contribution in [0.25, 0.3) is 0 Å². The Balaban J connectivity index is 1.73. The molecule has 19 heavy (non-hydrogen) atoms. The Morgan fingerprint density at radius 3 is 2.53 bits per heavy atom. The van der Waals surface area contributed by atoms with Crippen LogP contribution in [-0.2, 0) is 4.79 Å². The topological polar surface area (TPSA) is 46.3 Å². The average Bonchev–Trinajstić information content (AvgIpc) is 2.46. The van der Waals surface area contributed by atoms with E-state index in [0.717, 1.165) is 32.5 Å². The molecule has 1 aromatic rings. The van der Waals surface area contributed by atoms with Gasteiger partial charge in [-0.05, 0) is 50.4 Å². The monoisotopic (exact) mass is 260 g/mol. The molecule has 2 rings (SSSR count). The summed E-state index contributed by atoms with van der Waals surface area (Å²) in [6.07, 6.45) is 3.02. The summed E-state index contributed by atoms with van der Waals surface area (Å²) in [5.41, 5.74) is 6.76. The van der Waals surface area contributed by atoms with E-state index in [0.29, 0.717) is 5.92 Å². The van der Waals surface area contributed by atoms with E-state index < -0.39 is 0 Å². The molecule has 0 aliphatic carbocycles. The van der Waals surface area contributed by atoms with Crippen molar-refractivity contribution in [2.24, 2.45) is 11.7 Å². The van der Waals surface area contributed by atoms with Gasteiger partial charge in [0, 0.05) is 5.92 Å². The highest BCUT2D eigenvalue weighted by Gasteiger charge is 2.22. The molecule has 0 saturated carbocycles. The van der Waals surface area contributed by atoms with Gasteiger partial charge in [0.1, 0.15) is 0 Å². The molecule has 1 heterocycles. The zero-order valence-electron chi connectivity index (χ0n) is 11.7. The molecule has 104 valence electrons. The van der Waals surface area contributed by atoms with Crippen LogP contribution in [0.5, 0.6) is 0 Å². The molecule has 1 fully saturated rings. The normalized spacial score (nSPS) is 19.2. The number of nitrogens with zero attached hydrogens (tertiary/aromatic N) is 1. The van der Waals surface area contributed by atoms with Crippen molar-refractivity contribution >= 4 is 5.91 Å². The van der Waals surface area contributed by atoms with Crippen LogP contribution in [0.2, 0.25) is 0 Å². The lowest BCUT2D eigenvalue weighted by molar-refractivity contribution is -0.123. The van der Waals surface area contributed by atoms with E-state index in [9.17, 15) is 4.79 Å². The van der Waals surface area contributed by atoms with Crippen LogP contribution >= 0.6 is 0 Å². The molecule has 1 aliphatic rings. The maximum atomic E-state index is 11.1. The zero-order chi connectivity index (χ0) is 13.7. The minimum absolute atomic E-state index is 0.0998. The van der Waals surface area contributed by atoms with Crippen LogP contribution in [-0.4, -0.2) is 30.4 Å². The number of hydrogen-bond acceptors (Lipinski definition) is 2. The Bertz CT molecular complexity index is 396. The smallest absolute Gasteiger partial charge is 0.220 e. The predicted octanol–water partition coefficient (Wildman–Crippen LogP) is 2.38. The van der Waals surface area contributed by atoms with Gasteiger partial charge in [-0.2, -0.15) is 0 Å². The number of piperidine rings is 1. The third-order valence-electron chi connectivity index (χ3n) is 4.24. The second-order valence-electron chi connectivity index (χ2n) is 5.62. The van der Waals surface area contributed by atoms with Crippen molar-refractivity contribution in [3.63, 3.8) is 0 Å². The van der Waals surface area contributed by atoms with E-state index in [1.165, 1.54) is 12.0 Å². The van der Waals surface area contributed by atoms with Gasteiger partial charge in [-0.25, -0.2) is 0 Å². The molecular formula is C16H24N2O. The summed E-state index contributed by atoms with van der Waals surface area (Å²) >= 11 is 0. The first-order chi connectivity index (χ1) is 9.16. The Morgan fingerprint density at radius 2 is 1.95 bits per heavy atom. The van der Waals surface area contributed by atoms with Gasteiger partial charge in [-0.1, -0.05) is 37.3 Å². The van der Waals surface area contributed by atoms with Crippen molar-refractivity contribution < 1.29 is 4.79 Å². The van der Waals surface area contributed by atoms with Gasteiger partial charge in [0.15, 0.2) is 0 Å². The van der Waals surface area contributed by atoms with Gasteiger partial charge in [0.2, 0.25) is 5.91 Å². The lowest BCUT2D eigenvalue weighted by Gasteiger charge is -2.31. The Kier molecular flexibility index (Phi) is 4.97. The fraction of sp³-hybridized carbons (Fsp3) is 0.562. The molecule has 1 amide bonds. The van der Waals surface area contributed by atoms with E-state index in [1.54, 1.807) is 0 Å². The summed E-state index contributed by atoms with van der Waals surface area (Å²) in [5.74, 6) is 0.565. The number of primary amides is 1. The fourth-order valence-corrected chi connectivity index (χ4v) is 2.77. The van der Waals surface area contributed by atoms with Gasteiger partial charge in [-0.15, -0.1) is 0 Å². The number of carbonyl (C=O) groups excluding carboxylic acids is 1. The summed E-state index contributed by atoms with van der Waals surface area (Å²) in [5, 5.41) is 0. The number of rotatable bonds is 5. The second-order valence-corrected chi connectivity index (χ2v) is 5.62. The highest BCUT2D eigenvalue weighted by Crippen LogP contribution is 2.21. The molecule has 0 radical (unpaired) electrons. The van der Waals surface area contributed by atoms with Gasteiger partial charge in [-0.3, -0.25) is 4.79 Å². The highest BCUT2D eigenvalue weighted by atomic mass is 16.1. The minimum atomic E-state index is -0.127. The summed E-state index contributed by atoms with van der Waals surface area (Å²) in [6, 6.07) is 10.7. The molecular weight excluding hydrogens is 236 g/mol. The number of likely N-dealkylation sites (tertiary alicyclic amines) is 1. The Morgan fingerprint density at radius 1 is 1.32 bits per heavy atom. The maximum absolute atomic E-state index is 11.1. The molecule has 0 bridgehead atoms. The largest absolute Gasteiger partial charge is 0.369 e. The van der Waals surface area contributed by atoms with Crippen molar-refractivity contribution in [3.8, 4) is 0 Å². The number of nitrogens with two attached hydrogens (primary N) is 1. The van der Waals surface area contributed by atoms with E-state index in [-0.39, 0.29) is 11.8 Å². The molecule has 2 N–H and O–H groups in total. The third-order valence-corrected chi connectivity index (χ3v) is 4.24. The number of hydrogen-bond donors (Lipinski definition) is 1. The molecule has 3 nitrogen and oxygen atoms in total. The second kappa shape index (κ2) is 6.71. The third kappa shape index (κ3) is 4.06. The predicted molar refractivity (Wildman–Crippen MR) is 77.8 cm³/mol. The van der Waals surface area contributed by atoms with Crippen molar-refractivity contribution in [1.82, 2.24) is 4.90 Å². The van der Waals surface area contributed by atoms with Crippen LogP contribution in [0.1, 0.15) is 37.7 Å². The quantitative estimate of drug-likeness (QED) is 0.883. The molecule has 1 aromatic carbocycles. The minimum Gasteiger partial charge on any atom is -0.369 e. The van der Waals surface area contributed by atoms with Gasteiger partial charge in [0.25, 0.3) is 0 Å². The number of benzene rings is 1. The molecule has 1 atom stereocenters. The van der Waals surface area contributed by atoms with E-state index in [4.69, 9.17) is 5.73 Å². The molecule has 0 spiro atoms. The Hall–Kier alpha value is -1.35. The van der Waals surface area contributed by atoms with Crippen LogP contribution in [0.3, 0.4) is 0 Å². The summed E-state index contributed by atoms with van der Waals surface area (Å²) < 4.78 is 0. The van der Waals surface area contributed by atoms with Gasteiger partial charge < -0.3 is 10.6 Å². The lowest BCUT2D eigenvalue weighted by Crippen LogP contribution is -2.39. The summed E-state index contributed by atoms with van der Waals surface area (Å²) in [6.45, 7) is 5.41. The molecule has 3 heteroatoms. The first kappa shape index (κ1) is 14.1. The van der Waals surface area contributed by atoms with E-state index >= 15 is 0 Å². The van der Waals surface area contributed by atoms with Gasteiger partial charge in [0.05, 0.1) is 0 Å². The van der Waals surface area contributed by atoms with Crippen molar-refractivity contribution in [2.75, 3.05) is 19.6 Å². The Labute approximate surface area is 115 Å². The summed E-state index contributed by atoms with van der Waals surface area (Å²) in [7, 11) is 0. The van der Waals surface area contributed by atoms with E-state index in [2.05, 4.69) is 42.2 Å². The van der Waals surface area contributed by atoms with Crippen molar-refractivity contribution in [2.45, 2.75) is 32.1 Å². The maximum Gasteiger partial charge on any atom is 0.220 e. The van der Waals surface area contributed by atoms with Crippen LogP contribution in [0, 0.1) is 5.92 Å². The molecule has 0 aromatic heterocycles. The standard InChI is InChI=1S/C16H24N2O/c1-13(14-5-3-2-4-6-14)7-10-18-11-8-15(9-12-18)16(17)19/h2-6,13,15H,7-12H2,1H3,(H2,17,19)/t13-/m1/s1. The van der Waals surface area contributed by atoms with Gasteiger partial charge >= 0.3 is 0 Å². The first-order valence-electron chi connectivity index (χ1n) is 7.23. The van der Waals surface area contributed by atoms with Crippen LogP contribution in [0.15, 0.2) is 30.3 Å². The van der Waals surface area contributed by atoms with Crippen molar-refractivity contribution in [1.29, 1.82) is 0 Å².